The van der Waals surface area contributed by atoms with Crippen LogP contribution < -0.4 is 15.0 Å². The van der Waals surface area contributed by atoms with E-state index in [0.29, 0.717) is 31.5 Å². The van der Waals surface area contributed by atoms with Gasteiger partial charge >= 0.3 is 0 Å². The van der Waals surface area contributed by atoms with Crippen LogP contribution in [0.2, 0.25) is 0 Å². The number of nitrogens with zero attached hydrogens (tertiary/aromatic N) is 3. The zero-order valence-electron chi connectivity index (χ0n) is 10.4. The fourth-order valence-electron chi connectivity index (χ4n) is 1.75. The van der Waals surface area contributed by atoms with Crippen LogP contribution in [0, 0.1) is 0 Å². The highest BCUT2D eigenvalue weighted by Crippen LogP contribution is 2.15. The molecule has 1 N–H and O–H groups in total. The van der Waals surface area contributed by atoms with Crippen LogP contribution in [0.3, 0.4) is 0 Å². The van der Waals surface area contributed by atoms with Gasteiger partial charge in [-0.25, -0.2) is 4.98 Å². The maximum absolute atomic E-state index is 11.5. The van der Waals surface area contributed by atoms with Crippen molar-refractivity contribution in [2.24, 2.45) is 0 Å². The Balaban J connectivity index is 2.10. The van der Waals surface area contributed by atoms with Crippen LogP contribution in [0.15, 0.2) is 12.3 Å². The number of nitrogens with one attached hydrogen (secondary N) is 1. The average molecular weight is 252 g/mol. The number of hydrogen-bond acceptors (Lipinski definition) is 6. The van der Waals surface area contributed by atoms with Gasteiger partial charge in [0.05, 0.1) is 20.3 Å². The average Bonchev–Trinajstić information content (AvgIpc) is 2.46. The normalized spacial score (nSPS) is 19.4. The third-order valence-electron chi connectivity index (χ3n) is 2.71. The molecule has 0 radical (unpaired) electrons. The number of methoxy groups -OCH3 is 1. The van der Waals surface area contributed by atoms with Crippen LogP contribution in [-0.4, -0.2) is 55.8 Å². The van der Waals surface area contributed by atoms with Crippen LogP contribution in [-0.2, 0) is 9.53 Å². The Morgan fingerprint density at radius 2 is 2.50 bits per heavy atom. The number of morpholine rings is 1. The number of aromatic nitrogens is 2. The van der Waals surface area contributed by atoms with E-state index in [-0.39, 0.29) is 5.91 Å². The van der Waals surface area contributed by atoms with Gasteiger partial charge in [0.2, 0.25) is 11.8 Å². The molecular formula is C11H16N4O3. The standard InChI is InChI=1S/C11H16N4O3/c1-12-10(16)8-7-15(5-6-18-8)11-13-4-3-9(14-11)17-2/h3-4,8H,5-7H2,1-2H3,(H,12,16). The second-order valence-electron chi connectivity index (χ2n) is 3.82. The minimum atomic E-state index is -0.487. The summed E-state index contributed by atoms with van der Waals surface area (Å²) in [7, 11) is 3.14. The maximum atomic E-state index is 11.5. The lowest BCUT2D eigenvalue weighted by molar-refractivity contribution is -0.132. The van der Waals surface area contributed by atoms with Crippen molar-refractivity contribution in [2.75, 3.05) is 38.8 Å². The van der Waals surface area contributed by atoms with E-state index in [9.17, 15) is 4.79 Å². The van der Waals surface area contributed by atoms with Crippen molar-refractivity contribution in [3.63, 3.8) is 0 Å². The molecular weight excluding hydrogens is 236 g/mol. The second kappa shape index (κ2) is 5.63. The molecule has 1 saturated heterocycles. The Morgan fingerprint density at radius 3 is 3.22 bits per heavy atom. The van der Waals surface area contributed by atoms with Crippen molar-refractivity contribution in [3.05, 3.63) is 12.3 Å². The summed E-state index contributed by atoms with van der Waals surface area (Å²) in [5.41, 5.74) is 0. The van der Waals surface area contributed by atoms with Crippen molar-refractivity contribution in [1.29, 1.82) is 0 Å². The molecule has 18 heavy (non-hydrogen) atoms. The van der Waals surface area contributed by atoms with Gasteiger partial charge in [-0.05, 0) is 0 Å². The smallest absolute Gasteiger partial charge is 0.250 e. The fraction of sp³-hybridized carbons (Fsp3) is 0.545. The predicted molar refractivity (Wildman–Crippen MR) is 64.6 cm³/mol. The lowest BCUT2D eigenvalue weighted by atomic mass is 10.2. The van der Waals surface area contributed by atoms with Gasteiger partial charge in [-0.3, -0.25) is 4.79 Å². The third kappa shape index (κ3) is 2.67. The lowest BCUT2D eigenvalue weighted by Crippen LogP contribution is -2.49. The monoisotopic (exact) mass is 252 g/mol. The van der Waals surface area contributed by atoms with Crippen molar-refractivity contribution in [3.8, 4) is 5.88 Å². The van der Waals surface area contributed by atoms with Crippen LogP contribution in [0.1, 0.15) is 0 Å². The van der Waals surface area contributed by atoms with Gasteiger partial charge in [0.25, 0.3) is 5.91 Å². The van der Waals surface area contributed by atoms with Gasteiger partial charge in [0.15, 0.2) is 6.10 Å². The number of hydrogen-bond donors (Lipinski definition) is 1. The van der Waals surface area contributed by atoms with Crippen LogP contribution in [0.25, 0.3) is 0 Å². The summed E-state index contributed by atoms with van der Waals surface area (Å²) in [6.45, 7) is 1.56. The first-order chi connectivity index (χ1) is 8.74. The summed E-state index contributed by atoms with van der Waals surface area (Å²) in [5, 5.41) is 2.57. The van der Waals surface area contributed by atoms with E-state index in [4.69, 9.17) is 9.47 Å². The molecule has 1 aliphatic heterocycles. The van der Waals surface area contributed by atoms with Gasteiger partial charge in [-0.1, -0.05) is 0 Å². The van der Waals surface area contributed by atoms with Crippen molar-refractivity contribution >= 4 is 11.9 Å². The zero-order valence-corrected chi connectivity index (χ0v) is 10.4. The lowest BCUT2D eigenvalue weighted by Gasteiger charge is -2.31. The summed E-state index contributed by atoms with van der Waals surface area (Å²) in [6, 6.07) is 1.68. The van der Waals surface area contributed by atoms with Gasteiger partial charge in [0, 0.05) is 25.9 Å². The summed E-state index contributed by atoms with van der Waals surface area (Å²) in [4.78, 5) is 21.9. The van der Waals surface area contributed by atoms with E-state index in [1.54, 1.807) is 26.4 Å². The first-order valence-electron chi connectivity index (χ1n) is 5.69. The third-order valence-corrected chi connectivity index (χ3v) is 2.71. The van der Waals surface area contributed by atoms with E-state index in [0.717, 1.165) is 0 Å². The zero-order chi connectivity index (χ0) is 13.0. The molecule has 2 heterocycles. The van der Waals surface area contributed by atoms with Crippen molar-refractivity contribution in [1.82, 2.24) is 15.3 Å². The summed E-state index contributed by atoms with van der Waals surface area (Å²) in [5.74, 6) is 0.914. The molecule has 1 aromatic heterocycles. The fourth-order valence-corrected chi connectivity index (χ4v) is 1.75. The van der Waals surface area contributed by atoms with E-state index >= 15 is 0 Å². The van der Waals surface area contributed by atoms with E-state index in [1.807, 2.05) is 4.90 Å². The Hall–Kier alpha value is -1.89. The quantitative estimate of drug-likeness (QED) is 0.777. The van der Waals surface area contributed by atoms with Gasteiger partial charge in [0.1, 0.15) is 0 Å². The topological polar surface area (TPSA) is 76.6 Å². The number of likely N-dealkylation sites (N-methyl/N-ethyl adjacent to an activating group) is 1. The predicted octanol–water partition coefficient (Wildman–Crippen LogP) is -0.564. The number of carbonyl (C=O) groups excluding carboxylic acids is 1. The Morgan fingerprint density at radius 1 is 1.67 bits per heavy atom. The highest BCUT2D eigenvalue weighted by molar-refractivity contribution is 5.81. The first kappa shape index (κ1) is 12.6. The molecule has 1 amide bonds. The molecule has 0 saturated carbocycles. The molecule has 1 atom stereocenters. The number of ether oxygens (including phenoxy) is 2. The first-order valence-corrected chi connectivity index (χ1v) is 5.69. The highest BCUT2D eigenvalue weighted by atomic mass is 16.5. The molecule has 0 aromatic carbocycles. The molecule has 1 fully saturated rings. The van der Waals surface area contributed by atoms with Crippen LogP contribution in [0.5, 0.6) is 5.88 Å². The van der Waals surface area contributed by atoms with Gasteiger partial charge < -0.3 is 19.7 Å². The molecule has 7 nitrogen and oxygen atoms in total. The Bertz CT molecular complexity index is 427. The molecule has 0 bridgehead atoms. The van der Waals surface area contributed by atoms with Crippen LogP contribution >= 0.6 is 0 Å². The molecule has 0 spiro atoms. The van der Waals surface area contributed by atoms with E-state index < -0.39 is 6.10 Å². The SMILES string of the molecule is CNC(=O)C1CN(c2nccc(OC)n2)CCO1. The Labute approximate surface area is 105 Å². The minimum Gasteiger partial charge on any atom is -0.481 e. The van der Waals surface area contributed by atoms with Gasteiger partial charge in [-0.2, -0.15) is 4.98 Å². The Kier molecular flexibility index (Phi) is 3.93. The van der Waals surface area contributed by atoms with Crippen LogP contribution in [0.4, 0.5) is 5.95 Å². The van der Waals surface area contributed by atoms with Gasteiger partial charge in [-0.15, -0.1) is 0 Å². The molecule has 1 aliphatic rings. The minimum absolute atomic E-state index is 0.136. The molecule has 2 rings (SSSR count). The summed E-state index contributed by atoms with van der Waals surface area (Å²) >= 11 is 0. The number of rotatable bonds is 3. The molecule has 1 unspecified atom stereocenters. The van der Waals surface area contributed by atoms with Crippen molar-refractivity contribution < 1.29 is 14.3 Å². The summed E-state index contributed by atoms with van der Waals surface area (Å²) < 4.78 is 10.5. The molecule has 98 valence electrons. The van der Waals surface area contributed by atoms with E-state index in [2.05, 4.69) is 15.3 Å². The number of anilines is 1. The van der Waals surface area contributed by atoms with E-state index in [1.165, 1.54) is 0 Å². The molecule has 0 aliphatic carbocycles. The second-order valence-corrected chi connectivity index (χ2v) is 3.82. The van der Waals surface area contributed by atoms with Crippen molar-refractivity contribution in [2.45, 2.75) is 6.10 Å². The molecule has 7 heteroatoms. The number of carbonyl (C=O) groups is 1. The number of amides is 1. The summed E-state index contributed by atoms with van der Waals surface area (Å²) in [6.07, 6.45) is 1.14. The highest BCUT2D eigenvalue weighted by Gasteiger charge is 2.27. The largest absolute Gasteiger partial charge is 0.481 e. The molecule has 1 aromatic rings. The maximum Gasteiger partial charge on any atom is 0.250 e.